The molecule has 0 bridgehead atoms. The number of hydrazone groups is 1. The standard InChI is InChI=1S/C21H26N4O/c1-14-9-19-18(15(2)11-21(3,4)25(19)5)10-17(14)13-23-24-20(26)16-7-6-8-22-12-16/h6-10,12-13,15H,11H2,1-5H3,(H,24,26)/b23-13+. The van der Waals surface area contributed by atoms with Gasteiger partial charge in [0.05, 0.1) is 11.8 Å². The molecule has 0 radical (unpaired) electrons. The Kier molecular flexibility index (Phi) is 4.81. The first-order valence-electron chi connectivity index (χ1n) is 8.91. The average molecular weight is 350 g/mol. The van der Waals surface area contributed by atoms with Gasteiger partial charge in [0.2, 0.25) is 0 Å². The van der Waals surface area contributed by atoms with E-state index in [4.69, 9.17) is 0 Å². The highest BCUT2D eigenvalue weighted by atomic mass is 16.2. The SMILES string of the molecule is Cc1cc2c(cc1/C=N/NC(=O)c1cccnc1)C(C)CC(C)(C)N2C. The van der Waals surface area contributed by atoms with Crippen molar-refractivity contribution in [2.24, 2.45) is 5.10 Å². The van der Waals surface area contributed by atoms with Crippen LogP contribution in [0.25, 0.3) is 0 Å². The van der Waals surface area contributed by atoms with Gasteiger partial charge in [-0.25, -0.2) is 5.43 Å². The van der Waals surface area contributed by atoms with Gasteiger partial charge in [0.25, 0.3) is 5.91 Å². The number of nitrogens with zero attached hydrogens (tertiary/aromatic N) is 3. The molecule has 2 heterocycles. The van der Waals surface area contributed by atoms with Crippen LogP contribution in [-0.4, -0.2) is 29.7 Å². The summed E-state index contributed by atoms with van der Waals surface area (Å²) in [7, 11) is 2.16. The maximum Gasteiger partial charge on any atom is 0.272 e. The minimum atomic E-state index is -0.264. The zero-order valence-electron chi connectivity index (χ0n) is 16.1. The van der Waals surface area contributed by atoms with Crippen LogP contribution in [-0.2, 0) is 0 Å². The zero-order valence-corrected chi connectivity index (χ0v) is 16.1. The van der Waals surface area contributed by atoms with Crippen LogP contribution in [0.1, 0.15) is 60.2 Å². The van der Waals surface area contributed by atoms with Crippen molar-refractivity contribution < 1.29 is 4.79 Å². The Labute approximate surface area is 155 Å². The molecule has 3 rings (SSSR count). The second-order valence-electron chi connectivity index (χ2n) is 7.69. The minimum Gasteiger partial charge on any atom is -0.369 e. The summed E-state index contributed by atoms with van der Waals surface area (Å²) in [5.41, 5.74) is 7.98. The normalized spacial score (nSPS) is 18.7. The Balaban J connectivity index is 1.82. The number of fused-ring (bicyclic) bond motifs is 1. The van der Waals surface area contributed by atoms with Crippen LogP contribution in [0.15, 0.2) is 41.8 Å². The van der Waals surface area contributed by atoms with Gasteiger partial charge in [0, 0.05) is 30.7 Å². The Morgan fingerprint density at radius 3 is 2.88 bits per heavy atom. The lowest BCUT2D eigenvalue weighted by molar-refractivity contribution is 0.0955. The molecule has 0 saturated heterocycles. The molecule has 5 heteroatoms. The largest absolute Gasteiger partial charge is 0.369 e. The summed E-state index contributed by atoms with van der Waals surface area (Å²) in [6.07, 6.45) is 5.98. The number of carbonyl (C=O) groups excluding carboxylic acids is 1. The first-order chi connectivity index (χ1) is 12.3. The number of pyridine rings is 1. The molecule has 0 saturated carbocycles. The van der Waals surface area contributed by atoms with Gasteiger partial charge < -0.3 is 4.90 Å². The van der Waals surface area contributed by atoms with E-state index in [1.807, 2.05) is 0 Å². The fourth-order valence-electron chi connectivity index (χ4n) is 3.60. The Morgan fingerprint density at radius 2 is 2.19 bits per heavy atom. The molecular formula is C21H26N4O. The lowest BCUT2D eigenvalue weighted by Gasteiger charge is -2.45. The van der Waals surface area contributed by atoms with Crippen molar-refractivity contribution in [2.45, 2.75) is 45.6 Å². The van der Waals surface area contributed by atoms with Crippen LogP contribution < -0.4 is 10.3 Å². The average Bonchev–Trinajstić information content (AvgIpc) is 2.61. The fraction of sp³-hybridized carbons (Fsp3) is 0.381. The number of anilines is 1. The zero-order chi connectivity index (χ0) is 18.9. The van der Waals surface area contributed by atoms with Gasteiger partial charge in [-0.15, -0.1) is 0 Å². The molecule has 1 aliphatic heterocycles. The quantitative estimate of drug-likeness (QED) is 0.675. The summed E-state index contributed by atoms with van der Waals surface area (Å²) >= 11 is 0. The minimum absolute atomic E-state index is 0.145. The highest BCUT2D eigenvalue weighted by molar-refractivity contribution is 5.94. The van der Waals surface area contributed by atoms with E-state index in [0.29, 0.717) is 11.5 Å². The number of aromatic nitrogens is 1. The summed E-state index contributed by atoms with van der Waals surface area (Å²) in [5.74, 6) is 0.216. The molecule has 1 aliphatic rings. The van der Waals surface area contributed by atoms with E-state index in [2.05, 4.69) is 67.3 Å². The second kappa shape index (κ2) is 6.90. The van der Waals surface area contributed by atoms with Gasteiger partial charge in [-0.3, -0.25) is 9.78 Å². The first-order valence-corrected chi connectivity index (χ1v) is 8.91. The number of hydrogen-bond donors (Lipinski definition) is 1. The third kappa shape index (κ3) is 3.47. The fourth-order valence-corrected chi connectivity index (χ4v) is 3.60. The number of amides is 1. The van der Waals surface area contributed by atoms with Crippen molar-refractivity contribution in [3.05, 3.63) is 58.9 Å². The summed E-state index contributed by atoms with van der Waals surface area (Å²) < 4.78 is 0. The van der Waals surface area contributed by atoms with Gasteiger partial charge in [0.15, 0.2) is 0 Å². The van der Waals surface area contributed by atoms with Crippen LogP contribution in [0.2, 0.25) is 0 Å². The number of carbonyl (C=O) groups is 1. The molecule has 1 aromatic carbocycles. The molecule has 0 spiro atoms. The highest BCUT2D eigenvalue weighted by Gasteiger charge is 2.34. The molecule has 1 amide bonds. The molecule has 5 nitrogen and oxygen atoms in total. The van der Waals surface area contributed by atoms with Gasteiger partial charge in [-0.2, -0.15) is 5.10 Å². The molecule has 1 N–H and O–H groups in total. The van der Waals surface area contributed by atoms with Gasteiger partial charge in [-0.05, 0) is 74.1 Å². The van der Waals surface area contributed by atoms with Gasteiger partial charge in [-0.1, -0.05) is 6.92 Å². The van der Waals surface area contributed by atoms with Crippen molar-refractivity contribution in [3.8, 4) is 0 Å². The summed E-state index contributed by atoms with van der Waals surface area (Å²) in [6.45, 7) is 8.91. The van der Waals surface area contributed by atoms with E-state index in [1.165, 1.54) is 17.4 Å². The molecule has 2 aromatic rings. The lowest BCUT2D eigenvalue weighted by atomic mass is 9.79. The molecule has 1 aromatic heterocycles. The van der Waals surface area contributed by atoms with E-state index < -0.39 is 0 Å². The van der Waals surface area contributed by atoms with Crippen LogP contribution in [0, 0.1) is 6.92 Å². The topological polar surface area (TPSA) is 57.6 Å². The third-order valence-corrected chi connectivity index (χ3v) is 5.31. The van der Waals surface area contributed by atoms with Crippen LogP contribution in [0.3, 0.4) is 0 Å². The molecule has 0 fully saturated rings. The predicted octanol–water partition coefficient (Wildman–Crippen LogP) is 3.88. The molecule has 1 unspecified atom stereocenters. The monoisotopic (exact) mass is 350 g/mol. The van der Waals surface area contributed by atoms with Crippen molar-refractivity contribution in [2.75, 3.05) is 11.9 Å². The van der Waals surface area contributed by atoms with Crippen molar-refractivity contribution in [1.82, 2.24) is 10.4 Å². The van der Waals surface area contributed by atoms with Crippen LogP contribution in [0.4, 0.5) is 5.69 Å². The number of nitrogens with one attached hydrogen (secondary N) is 1. The van der Waals surface area contributed by atoms with Crippen LogP contribution >= 0.6 is 0 Å². The molecule has 26 heavy (non-hydrogen) atoms. The molecule has 1 atom stereocenters. The van der Waals surface area contributed by atoms with E-state index in [9.17, 15) is 4.79 Å². The van der Waals surface area contributed by atoms with Crippen molar-refractivity contribution in [3.63, 3.8) is 0 Å². The van der Waals surface area contributed by atoms with E-state index in [-0.39, 0.29) is 11.4 Å². The van der Waals surface area contributed by atoms with E-state index in [1.54, 1.807) is 24.5 Å². The van der Waals surface area contributed by atoms with Crippen molar-refractivity contribution >= 4 is 17.8 Å². The predicted molar refractivity (Wildman–Crippen MR) is 106 cm³/mol. The maximum absolute atomic E-state index is 12.0. The van der Waals surface area contributed by atoms with Gasteiger partial charge in [0.1, 0.15) is 0 Å². The van der Waals surface area contributed by atoms with Crippen LogP contribution in [0.5, 0.6) is 0 Å². The molecule has 0 aliphatic carbocycles. The van der Waals surface area contributed by atoms with E-state index in [0.717, 1.165) is 17.5 Å². The molecular weight excluding hydrogens is 324 g/mol. The summed E-state index contributed by atoms with van der Waals surface area (Å²) in [4.78, 5) is 18.4. The highest BCUT2D eigenvalue weighted by Crippen LogP contribution is 2.43. The maximum atomic E-state index is 12.0. The summed E-state index contributed by atoms with van der Waals surface area (Å²) in [6, 6.07) is 7.85. The second-order valence-corrected chi connectivity index (χ2v) is 7.69. The Bertz CT molecular complexity index is 843. The lowest BCUT2D eigenvalue weighted by Crippen LogP contribution is -2.45. The Morgan fingerprint density at radius 1 is 1.42 bits per heavy atom. The van der Waals surface area contributed by atoms with Crippen molar-refractivity contribution in [1.29, 1.82) is 0 Å². The smallest absolute Gasteiger partial charge is 0.272 e. The molecule has 136 valence electrons. The first kappa shape index (κ1) is 18.1. The number of rotatable bonds is 3. The number of benzene rings is 1. The summed E-state index contributed by atoms with van der Waals surface area (Å²) in [5, 5.41) is 4.13. The third-order valence-electron chi connectivity index (χ3n) is 5.31. The number of aryl methyl sites for hydroxylation is 1. The Hall–Kier alpha value is -2.69. The van der Waals surface area contributed by atoms with Gasteiger partial charge >= 0.3 is 0 Å². The van der Waals surface area contributed by atoms with E-state index >= 15 is 0 Å². The number of hydrogen-bond acceptors (Lipinski definition) is 4.